The summed E-state index contributed by atoms with van der Waals surface area (Å²) in [5.74, 6) is 0.567. The van der Waals surface area contributed by atoms with Gasteiger partial charge in [-0.3, -0.25) is 0 Å². The van der Waals surface area contributed by atoms with E-state index in [0.29, 0.717) is 35.2 Å². The first-order chi connectivity index (χ1) is 11.2. The lowest BCUT2D eigenvalue weighted by Crippen LogP contribution is -2.23. The minimum atomic E-state index is -0.314. The second-order valence-electron chi connectivity index (χ2n) is 4.88. The summed E-state index contributed by atoms with van der Waals surface area (Å²) in [6.45, 7) is 0.376. The zero-order chi connectivity index (χ0) is 16.2. The molecule has 0 amide bonds. The van der Waals surface area contributed by atoms with Gasteiger partial charge >= 0.3 is 0 Å². The maximum Gasteiger partial charge on any atom is 0.229 e. The highest BCUT2D eigenvalue weighted by Gasteiger charge is 2.13. The molecule has 2 aromatic heterocycles. The number of nitrogens with zero attached hydrogens (tertiary/aromatic N) is 5. The van der Waals surface area contributed by atoms with Crippen molar-refractivity contribution in [2.75, 3.05) is 30.4 Å². The van der Waals surface area contributed by atoms with E-state index in [9.17, 15) is 4.39 Å². The maximum atomic E-state index is 13.0. The summed E-state index contributed by atoms with van der Waals surface area (Å²) in [6, 6.07) is 5.93. The lowest BCUT2D eigenvalue weighted by molar-refractivity contribution is 0.303. The lowest BCUT2D eigenvalue weighted by atomic mass is 10.3. The van der Waals surface area contributed by atoms with E-state index >= 15 is 0 Å². The summed E-state index contributed by atoms with van der Waals surface area (Å²) < 4.78 is 13.0. The van der Waals surface area contributed by atoms with Gasteiger partial charge in [0.05, 0.1) is 6.61 Å². The topological polar surface area (TPSA) is 87.1 Å². The van der Waals surface area contributed by atoms with E-state index in [0.717, 1.165) is 0 Å². The quantitative estimate of drug-likeness (QED) is 0.741. The Morgan fingerprint density at radius 3 is 2.61 bits per heavy atom. The van der Waals surface area contributed by atoms with E-state index in [-0.39, 0.29) is 12.4 Å². The SMILES string of the molecule is CN(CCO)c1nc(Nc2ccc(F)cc2)c2nccnc2n1. The average Bonchev–Trinajstić information content (AvgIpc) is 2.57. The molecular weight excluding hydrogens is 299 g/mol. The standard InChI is InChI=1S/C15H15FN6O/c1-22(8-9-23)15-20-13-12(17-6-7-18-13)14(21-15)19-11-4-2-10(16)3-5-11/h2-7,23H,8-9H2,1H3,(H,18,19,20,21). The van der Waals surface area contributed by atoms with E-state index in [1.165, 1.54) is 12.1 Å². The van der Waals surface area contributed by atoms with Crippen molar-refractivity contribution in [1.29, 1.82) is 0 Å². The number of aromatic nitrogens is 4. The third kappa shape index (κ3) is 3.32. The third-order valence-electron chi connectivity index (χ3n) is 3.20. The van der Waals surface area contributed by atoms with Gasteiger partial charge in [0.1, 0.15) is 5.82 Å². The molecule has 0 saturated carbocycles. The van der Waals surface area contributed by atoms with Gasteiger partial charge in [0.15, 0.2) is 17.0 Å². The van der Waals surface area contributed by atoms with Crippen LogP contribution in [-0.4, -0.2) is 45.2 Å². The van der Waals surface area contributed by atoms with Crippen LogP contribution in [0.25, 0.3) is 11.2 Å². The number of hydrogen-bond donors (Lipinski definition) is 2. The number of aliphatic hydroxyl groups is 1. The predicted molar refractivity (Wildman–Crippen MR) is 85.2 cm³/mol. The third-order valence-corrected chi connectivity index (χ3v) is 3.20. The Morgan fingerprint density at radius 1 is 1.13 bits per heavy atom. The number of hydrogen-bond acceptors (Lipinski definition) is 7. The van der Waals surface area contributed by atoms with E-state index in [1.807, 2.05) is 0 Å². The predicted octanol–water partition coefficient (Wildman–Crippen LogP) is 1.73. The summed E-state index contributed by atoms with van der Waals surface area (Å²) in [4.78, 5) is 18.9. The van der Waals surface area contributed by atoms with Crippen LogP contribution < -0.4 is 10.2 Å². The lowest BCUT2D eigenvalue weighted by Gasteiger charge is -2.17. The van der Waals surface area contributed by atoms with Gasteiger partial charge in [-0.25, -0.2) is 14.4 Å². The molecule has 0 atom stereocenters. The number of fused-ring (bicyclic) bond motifs is 1. The first-order valence-electron chi connectivity index (χ1n) is 7.00. The molecule has 2 heterocycles. The van der Waals surface area contributed by atoms with Crippen LogP contribution in [0.2, 0.25) is 0 Å². The largest absolute Gasteiger partial charge is 0.395 e. The van der Waals surface area contributed by atoms with Crippen molar-refractivity contribution in [3.8, 4) is 0 Å². The maximum absolute atomic E-state index is 13.0. The van der Waals surface area contributed by atoms with Gasteiger partial charge in [-0.05, 0) is 24.3 Å². The van der Waals surface area contributed by atoms with Crippen LogP contribution in [0.15, 0.2) is 36.7 Å². The summed E-state index contributed by atoms with van der Waals surface area (Å²) in [5, 5.41) is 12.2. The van der Waals surface area contributed by atoms with E-state index < -0.39 is 0 Å². The van der Waals surface area contributed by atoms with Crippen molar-refractivity contribution in [2.45, 2.75) is 0 Å². The molecule has 7 nitrogen and oxygen atoms in total. The Balaban J connectivity index is 2.04. The molecule has 0 unspecified atom stereocenters. The van der Waals surface area contributed by atoms with Crippen molar-refractivity contribution in [3.63, 3.8) is 0 Å². The Bertz CT molecular complexity index is 811. The molecule has 23 heavy (non-hydrogen) atoms. The smallest absolute Gasteiger partial charge is 0.229 e. The highest BCUT2D eigenvalue weighted by Crippen LogP contribution is 2.23. The normalized spacial score (nSPS) is 10.7. The van der Waals surface area contributed by atoms with Crippen LogP contribution in [0.5, 0.6) is 0 Å². The number of anilines is 3. The van der Waals surface area contributed by atoms with Crippen LogP contribution in [0.4, 0.5) is 21.8 Å². The molecule has 0 spiro atoms. The minimum Gasteiger partial charge on any atom is -0.395 e. The first-order valence-corrected chi connectivity index (χ1v) is 7.00. The van der Waals surface area contributed by atoms with Gasteiger partial charge in [0.2, 0.25) is 5.95 Å². The molecule has 0 aliphatic carbocycles. The molecule has 3 aromatic rings. The molecule has 0 aliphatic rings. The Kier molecular flexibility index (Phi) is 4.24. The summed E-state index contributed by atoms with van der Waals surface area (Å²) in [5.41, 5.74) is 1.62. The number of likely N-dealkylation sites (N-methyl/N-ethyl adjacent to an activating group) is 1. The van der Waals surface area contributed by atoms with Crippen molar-refractivity contribution < 1.29 is 9.50 Å². The second-order valence-corrected chi connectivity index (χ2v) is 4.88. The number of benzene rings is 1. The van der Waals surface area contributed by atoms with Crippen LogP contribution in [0.1, 0.15) is 0 Å². The van der Waals surface area contributed by atoms with Gasteiger partial charge in [-0.2, -0.15) is 9.97 Å². The Morgan fingerprint density at radius 2 is 1.87 bits per heavy atom. The zero-order valence-electron chi connectivity index (χ0n) is 12.4. The van der Waals surface area contributed by atoms with Crippen molar-refractivity contribution in [2.24, 2.45) is 0 Å². The van der Waals surface area contributed by atoms with Crippen molar-refractivity contribution in [3.05, 3.63) is 42.5 Å². The number of aliphatic hydroxyl groups excluding tert-OH is 1. The van der Waals surface area contributed by atoms with E-state index in [2.05, 4.69) is 25.3 Å². The number of halogens is 1. The Labute approximate surface area is 131 Å². The average molecular weight is 314 g/mol. The second kappa shape index (κ2) is 6.49. The molecule has 0 saturated heterocycles. The fraction of sp³-hybridized carbons (Fsp3) is 0.200. The van der Waals surface area contributed by atoms with Crippen LogP contribution in [-0.2, 0) is 0 Å². The fourth-order valence-corrected chi connectivity index (χ4v) is 2.03. The van der Waals surface area contributed by atoms with Gasteiger partial charge < -0.3 is 15.3 Å². The molecule has 8 heteroatoms. The first kappa shape index (κ1) is 15.0. The fourth-order valence-electron chi connectivity index (χ4n) is 2.03. The zero-order valence-corrected chi connectivity index (χ0v) is 12.4. The van der Waals surface area contributed by atoms with Crippen LogP contribution >= 0.6 is 0 Å². The monoisotopic (exact) mass is 314 g/mol. The molecule has 2 N–H and O–H groups in total. The highest BCUT2D eigenvalue weighted by molar-refractivity contribution is 5.85. The molecule has 0 radical (unpaired) electrons. The van der Waals surface area contributed by atoms with Crippen LogP contribution in [0.3, 0.4) is 0 Å². The van der Waals surface area contributed by atoms with Gasteiger partial charge in [0, 0.05) is 31.7 Å². The summed E-state index contributed by atoms with van der Waals surface area (Å²) in [6.07, 6.45) is 3.10. The summed E-state index contributed by atoms with van der Waals surface area (Å²) in [7, 11) is 1.77. The van der Waals surface area contributed by atoms with Gasteiger partial charge in [0.25, 0.3) is 0 Å². The molecule has 1 aromatic carbocycles. The molecular formula is C15H15FN6O. The Hall–Kier alpha value is -2.87. The van der Waals surface area contributed by atoms with Gasteiger partial charge in [-0.1, -0.05) is 0 Å². The molecule has 118 valence electrons. The van der Waals surface area contributed by atoms with Crippen LogP contribution in [0, 0.1) is 5.82 Å². The molecule has 0 bridgehead atoms. The summed E-state index contributed by atoms with van der Waals surface area (Å²) >= 11 is 0. The van der Waals surface area contributed by atoms with Crippen molar-refractivity contribution in [1.82, 2.24) is 19.9 Å². The van der Waals surface area contributed by atoms with E-state index in [4.69, 9.17) is 5.11 Å². The highest BCUT2D eigenvalue weighted by atomic mass is 19.1. The molecule has 0 fully saturated rings. The minimum absolute atomic E-state index is 0.0148. The number of rotatable bonds is 5. The molecule has 0 aliphatic heterocycles. The molecule has 3 rings (SSSR count). The van der Waals surface area contributed by atoms with E-state index in [1.54, 1.807) is 36.5 Å². The van der Waals surface area contributed by atoms with Crippen molar-refractivity contribution >= 4 is 28.6 Å². The van der Waals surface area contributed by atoms with Gasteiger partial charge in [-0.15, -0.1) is 0 Å². The number of nitrogens with one attached hydrogen (secondary N) is 1.